The molecule has 0 spiro atoms. The van der Waals surface area contributed by atoms with Crippen LogP contribution in [0.1, 0.15) is 11.1 Å². The second kappa shape index (κ2) is 9.64. The van der Waals surface area contributed by atoms with Crippen LogP contribution in [0.4, 0.5) is 10.1 Å². The molecule has 0 aliphatic carbocycles. The van der Waals surface area contributed by atoms with Crippen molar-refractivity contribution < 1.29 is 13.6 Å². The lowest BCUT2D eigenvalue weighted by Gasteiger charge is -2.24. The number of benzene rings is 4. The van der Waals surface area contributed by atoms with Gasteiger partial charge in [0.2, 0.25) is 0 Å². The molecule has 1 aliphatic rings. The molecule has 0 radical (unpaired) electrons. The van der Waals surface area contributed by atoms with Crippen molar-refractivity contribution in [2.24, 2.45) is 0 Å². The molecule has 1 atom stereocenters. The molecule has 6 heteroatoms. The average Bonchev–Trinajstić information content (AvgIpc) is 3.45. The van der Waals surface area contributed by atoms with Gasteiger partial charge in [-0.05, 0) is 59.7 Å². The maximum atomic E-state index is 13.6. The minimum Gasteiger partial charge on any atom is -0.456 e. The molecule has 37 heavy (non-hydrogen) atoms. The third-order valence-electron chi connectivity index (χ3n) is 6.69. The van der Waals surface area contributed by atoms with E-state index in [4.69, 9.17) is 16.6 Å². The maximum absolute atomic E-state index is 13.6. The van der Waals surface area contributed by atoms with Gasteiger partial charge < -0.3 is 9.32 Å². The summed E-state index contributed by atoms with van der Waals surface area (Å²) in [5.74, 6) is 0.340. The van der Waals surface area contributed by atoms with Gasteiger partial charge >= 0.3 is 0 Å². The molecule has 6 rings (SSSR count). The van der Waals surface area contributed by atoms with Crippen molar-refractivity contribution in [3.63, 3.8) is 0 Å². The fourth-order valence-electron chi connectivity index (χ4n) is 4.77. The first kappa shape index (κ1) is 23.1. The van der Waals surface area contributed by atoms with Crippen LogP contribution in [-0.2, 0) is 17.8 Å². The number of hydrogen-bond acceptors (Lipinski definition) is 3. The largest absolute Gasteiger partial charge is 0.456 e. The zero-order valence-electron chi connectivity index (χ0n) is 19.9. The van der Waals surface area contributed by atoms with Crippen LogP contribution >= 0.6 is 12.2 Å². The van der Waals surface area contributed by atoms with E-state index in [9.17, 15) is 9.18 Å². The fourth-order valence-corrected chi connectivity index (χ4v) is 5.16. The van der Waals surface area contributed by atoms with Gasteiger partial charge in [-0.1, -0.05) is 72.8 Å². The smallest absolute Gasteiger partial charge is 0.256 e. The second-order valence-corrected chi connectivity index (χ2v) is 9.48. The summed E-state index contributed by atoms with van der Waals surface area (Å²) in [6, 6.07) is 33.4. The Morgan fingerprint density at radius 3 is 2.24 bits per heavy atom. The third-order valence-corrected chi connectivity index (χ3v) is 7.11. The minimum absolute atomic E-state index is 0.112. The number of furan rings is 1. The Bertz CT molecular complexity index is 1550. The van der Waals surface area contributed by atoms with Crippen LogP contribution in [-0.4, -0.2) is 22.0 Å². The Balaban J connectivity index is 1.29. The van der Waals surface area contributed by atoms with E-state index in [1.54, 1.807) is 12.1 Å². The number of rotatable bonds is 6. The Hall–Kier alpha value is -4.29. The third kappa shape index (κ3) is 4.52. The van der Waals surface area contributed by atoms with Gasteiger partial charge in [-0.25, -0.2) is 4.39 Å². The molecule has 4 nitrogen and oxygen atoms in total. The number of fused-ring (bicyclic) bond motifs is 1. The molecular formula is C31H23FN2O2S. The maximum Gasteiger partial charge on any atom is 0.256 e. The molecule has 0 unspecified atom stereocenters. The Morgan fingerprint density at radius 1 is 0.811 bits per heavy atom. The fraction of sp³-hybridized carbons (Fsp3) is 0.0968. The van der Waals surface area contributed by atoms with E-state index in [0.717, 1.165) is 33.4 Å². The first-order chi connectivity index (χ1) is 18.1. The van der Waals surface area contributed by atoms with Crippen LogP contribution in [0.15, 0.2) is 114 Å². The quantitative estimate of drug-likeness (QED) is 0.233. The molecule has 0 saturated carbocycles. The molecule has 4 aromatic carbocycles. The summed E-state index contributed by atoms with van der Waals surface area (Å²) in [5.41, 5.74) is 4.47. The predicted molar refractivity (Wildman–Crippen MR) is 148 cm³/mol. The van der Waals surface area contributed by atoms with Gasteiger partial charge in [0.25, 0.3) is 5.91 Å². The molecule has 2 heterocycles. The van der Waals surface area contributed by atoms with Gasteiger partial charge in [0.05, 0.1) is 5.69 Å². The number of anilines is 1. The van der Waals surface area contributed by atoms with E-state index >= 15 is 0 Å². The molecule has 1 aromatic heterocycles. The van der Waals surface area contributed by atoms with Crippen molar-refractivity contribution >= 4 is 39.9 Å². The van der Waals surface area contributed by atoms with Crippen LogP contribution in [0, 0.1) is 5.82 Å². The van der Waals surface area contributed by atoms with E-state index in [2.05, 4.69) is 0 Å². The van der Waals surface area contributed by atoms with E-state index in [1.807, 2.05) is 89.8 Å². The van der Waals surface area contributed by atoms with Gasteiger partial charge in [0.15, 0.2) is 5.11 Å². The molecule has 0 bridgehead atoms. The Morgan fingerprint density at radius 2 is 1.51 bits per heavy atom. The summed E-state index contributed by atoms with van der Waals surface area (Å²) in [7, 11) is 0. The van der Waals surface area contributed by atoms with Crippen LogP contribution < -0.4 is 4.90 Å². The molecule has 0 N–H and O–H groups in total. The van der Waals surface area contributed by atoms with Gasteiger partial charge in [0.1, 0.15) is 23.2 Å². The highest BCUT2D eigenvalue weighted by molar-refractivity contribution is 7.80. The van der Waals surface area contributed by atoms with Gasteiger partial charge in [-0.15, -0.1) is 0 Å². The van der Waals surface area contributed by atoms with Crippen molar-refractivity contribution in [3.8, 4) is 11.3 Å². The Kier molecular flexibility index (Phi) is 6.02. The van der Waals surface area contributed by atoms with E-state index in [0.29, 0.717) is 23.8 Å². The lowest BCUT2D eigenvalue weighted by Crippen LogP contribution is -2.36. The van der Waals surface area contributed by atoms with Crippen LogP contribution in [0.5, 0.6) is 0 Å². The predicted octanol–water partition coefficient (Wildman–Crippen LogP) is 6.98. The van der Waals surface area contributed by atoms with Crippen molar-refractivity contribution in [2.45, 2.75) is 19.0 Å². The summed E-state index contributed by atoms with van der Waals surface area (Å²) < 4.78 is 19.6. The number of carbonyl (C=O) groups is 1. The highest BCUT2D eigenvalue weighted by atomic mass is 32.1. The molecule has 1 amide bonds. The molecule has 1 saturated heterocycles. The van der Waals surface area contributed by atoms with Crippen LogP contribution in [0.3, 0.4) is 0 Å². The number of carbonyl (C=O) groups excluding carboxylic acids is 1. The first-order valence-corrected chi connectivity index (χ1v) is 12.5. The van der Waals surface area contributed by atoms with Crippen molar-refractivity contribution in [1.82, 2.24) is 4.90 Å². The zero-order chi connectivity index (χ0) is 25.4. The minimum atomic E-state index is -0.463. The molecular weight excluding hydrogens is 483 g/mol. The second-order valence-electron chi connectivity index (χ2n) is 9.11. The first-order valence-electron chi connectivity index (χ1n) is 12.1. The summed E-state index contributed by atoms with van der Waals surface area (Å²) in [5, 5.41) is 1.48. The SMILES string of the molecule is O=C1[C@H](Cc2ccccc2)N(Cc2ccc(-c3cc4ccccc4o3)cc2)C(=S)N1c1ccc(F)cc1. The lowest BCUT2D eigenvalue weighted by molar-refractivity contribution is -0.119. The summed E-state index contributed by atoms with van der Waals surface area (Å²) in [4.78, 5) is 17.1. The van der Waals surface area contributed by atoms with E-state index in [1.165, 1.54) is 17.0 Å². The lowest BCUT2D eigenvalue weighted by atomic mass is 10.0. The normalized spacial score (nSPS) is 15.6. The highest BCUT2D eigenvalue weighted by Gasteiger charge is 2.43. The number of amides is 1. The summed E-state index contributed by atoms with van der Waals surface area (Å²) in [6.45, 7) is 0.472. The summed E-state index contributed by atoms with van der Waals surface area (Å²) in [6.07, 6.45) is 0.522. The van der Waals surface area contributed by atoms with Gasteiger partial charge in [-0.2, -0.15) is 0 Å². The van der Waals surface area contributed by atoms with Crippen molar-refractivity contribution in [2.75, 3.05) is 4.90 Å². The van der Waals surface area contributed by atoms with Crippen molar-refractivity contribution in [3.05, 3.63) is 126 Å². The van der Waals surface area contributed by atoms with Gasteiger partial charge in [-0.3, -0.25) is 9.69 Å². The highest BCUT2D eigenvalue weighted by Crippen LogP contribution is 2.31. The average molecular weight is 507 g/mol. The number of nitrogens with zero attached hydrogens (tertiary/aromatic N) is 2. The van der Waals surface area contributed by atoms with E-state index in [-0.39, 0.29) is 11.7 Å². The molecule has 5 aromatic rings. The number of thiocarbonyl (C=S) groups is 1. The molecule has 182 valence electrons. The standard InChI is InChI=1S/C31H23FN2O2S/c32-25-14-16-26(17-15-25)34-30(35)27(18-21-6-2-1-3-7-21)33(31(34)37)20-22-10-12-23(13-11-22)29-19-24-8-4-5-9-28(24)36-29/h1-17,19,27H,18,20H2/t27-/m0/s1. The van der Waals surface area contributed by atoms with Gasteiger partial charge in [0, 0.05) is 23.9 Å². The topological polar surface area (TPSA) is 36.7 Å². The van der Waals surface area contributed by atoms with Crippen LogP contribution in [0.2, 0.25) is 0 Å². The number of hydrogen-bond donors (Lipinski definition) is 0. The molecule has 1 fully saturated rings. The van der Waals surface area contributed by atoms with E-state index < -0.39 is 6.04 Å². The van der Waals surface area contributed by atoms with Crippen molar-refractivity contribution in [1.29, 1.82) is 0 Å². The Labute approximate surface area is 219 Å². The van der Waals surface area contributed by atoms with Crippen LogP contribution in [0.25, 0.3) is 22.3 Å². The number of halogens is 1. The number of para-hydroxylation sites is 1. The molecule has 1 aliphatic heterocycles. The summed E-state index contributed by atoms with van der Waals surface area (Å²) >= 11 is 5.81. The monoisotopic (exact) mass is 506 g/mol. The zero-order valence-corrected chi connectivity index (χ0v) is 20.7.